The number of hydrogen-bond acceptors (Lipinski definition) is 6. The Balaban J connectivity index is 1.94. The van der Waals surface area contributed by atoms with E-state index in [1.807, 2.05) is 47.9 Å². The lowest BCUT2D eigenvalue weighted by molar-refractivity contribution is -0.139. The van der Waals surface area contributed by atoms with Crippen molar-refractivity contribution in [1.29, 1.82) is 0 Å². The molecule has 0 radical (unpaired) electrons. The third kappa shape index (κ3) is 3.80. The number of rotatable bonds is 4. The van der Waals surface area contributed by atoms with Crippen LogP contribution < -0.4 is 14.9 Å². The Kier molecular flexibility index (Phi) is 5.67. The summed E-state index contributed by atoms with van der Waals surface area (Å²) in [4.78, 5) is 32.1. The average molecular weight is 489 g/mol. The van der Waals surface area contributed by atoms with Crippen LogP contribution in [0.4, 0.5) is 0 Å². The largest absolute Gasteiger partial charge is 0.463 e. The van der Waals surface area contributed by atoms with Crippen LogP contribution in [0.1, 0.15) is 30.3 Å². The first-order chi connectivity index (χ1) is 14.0. The van der Waals surface area contributed by atoms with Crippen LogP contribution in [0.25, 0.3) is 6.08 Å². The summed E-state index contributed by atoms with van der Waals surface area (Å²) in [5.41, 5.74) is 1.74. The Bertz CT molecular complexity index is 1290. The third-order valence-electron chi connectivity index (χ3n) is 4.48. The molecule has 29 heavy (non-hydrogen) atoms. The minimum absolute atomic E-state index is 0.165. The summed E-state index contributed by atoms with van der Waals surface area (Å²) in [6, 6.07) is 11.1. The van der Waals surface area contributed by atoms with Crippen LogP contribution in [0.15, 0.2) is 67.3 Å². The Morgan fingerprint density at radius 3 is 2.86 bits per heavy atom. The first kappa shape index (κ1) is 20.0. The molecule has 1 aliphatic heterocycles. The molecule has 0 saturated heterocycles. The molecule has 0 amide bonds. The molecule has 1 atom stereocenters. The molecule has 4 rings (SSSR count). The molecule has 148 valence electrons. The summed E-state index contributed by atoms with van der Waals surface area (Å²) >= 11 is 6.29. The van der Waals surface area contributed by atoms with Crippen molar-refractivity contribution < 1.29 is 9.53 Å². The highest BCUT2D eigenvalue weighted by atomic mass is 79.9. The van der Waals surface area contributed by atoms with Crippen LogP contribution in [0, 0.1) is 0 Å². The standard InChI is InChI=1S/C21H17BrN2O3S2/c1-3-27-20(26)17-12(2)23-21-24(18(17)15-8-5-9-28-15)19(25)16(29-21)11-13-6-4-7-14(22)10-13/h4-11,18H,3H2,1-2H3/b16-11+/t18-/m0/s1. The van der Waals surface area contributed by atoms with E-state index >= 15 is 0 Å². The first-order valence-electron chi connectivity index (χ1n) is 8.98. The van der Waals surface area contributed by atoms with Crippen LogP contribution in [0.3, 0.4) is 0 Å². The minimum Gasteiger partial charge on any atom is -0.463 e. The monoisotopic (exact) mass is 488 g/mol. The molecule has 0 spiro atoms. The van der Waals surface area contributed by atoms with E-state index in [4.69, 9.17) is 4.74 Å². The van der Waals surface area contributed by atoms with Gasteiger partial charge in [0, 0.05) is 9.35 Å². The lowest BCUT2D eigenvalue weighted by Crippen LogP contribution is -2.39. The Morgan fingerprint density at radius 1 is 1.34 bits per heavy atom. The molecular weight excluding hydrogens is 472 g/mol. The van der Waals surface area contributed by atoms with E-state index < -0.39 is 12.0 Å². The number of thiazole rings is 1. The van der Waals surface area contributed by atoms with Crippen LogP contribution in [-0.4, -0.2) is 17.1 Å². The van der Waals surface area contributed by atoms with Crippen molar-refractivity contribution in [3.63, 3.8) is 0 Å². The van der Waals surface area contributed by atoms with E-state index in [1.165, 1.54) is 22.7 Å². The number of hydrogen-bond donors (Lipinski definition) is 0. The van der Waals surface area contributed by atoms with Crippen molar-refractivity contribution in [3.05, 3.63) is 87.6 Å². The number of thiophene rings is 1. The van der Waals surface area contributed by atoms with Gasteiger partial charge in [0.2, 0.25) is 0 Å². The zero-order valence-corrected chi connectivity index (χ0v) is 18.9. The SMILES string of the molecule is CCOC(=O)C1=C(C)N=c2s/c(=C/c3cccc(Br)c3)c(=O)n2[C@H]1c1cccs1. The van der Waals surface area contributed by atoms with E-state index in [0.717, 1.165) is 14.9 Å². The molecule has 0 aliphatic carbocycles. The van der Waals surface area contributed by atoms with Gasteiger partial charge in [-0.2, -0.15) is 0 Å². The lowest BCUT2D eigenvalue weighted by atomic mass is 10.0. The molecule has 1 aromatic carbocycles. The summed E-state index contributed by atoms with van der Waals surface area (Å²) in [5.74, 6) is -0.437. The van der Waals surface area contributed by atoms with Crippen molar-refractivity contribution in [3.8, 4) is 0 Å². The number of ether oxygens (including phenoxy) is 1. The topological polar surface area (TPSA) is 60.7 Å². The van der Waals surface area contributed by atoms with Gasteiger partial charge in [-0.05, 0) is 49.1 Å². The number of aromatic nitrogens is 1. The van der Waals surface area contributed by atoms with E-state index in [0.29, 0.717) is 20.6 Å². The zero-order valence-electron chi connectivity index (χ0n) is 15.7. The summed E-state index contributed by atoms with van der Waals surface area (Å²) in [6.07, 6.45) is 1.85. The Labute approximate surface area is 183 Å². The fourth-order valence-electron chi connectivity index (χ4n) is 3.26. The predicted octanol–water partition coefficient (Wildman–Crippen LogP) is 3.62. The second kappa shape index (κ2) is 8.22. The fraction of sp³-hybridized carbons (Fsp3) is 0.190. The van der Waals surface area contributed by atoms with Crippen molar-refractivity contribution >= 4 is 50.6 Å². The van der Waals surface area contributed by atoms with E-state index in [1.54, 1.807) is 18.4 Å². The Morgan fingerprint density at radius 2 is 2.17 bits per heavy atom. The van der Waals surface area contributed by atoms with Crippen molar-refractivity contribution in [2.24, 2.45) is 4.99 Å². The maximum Gasteiger partial charge on any atom is 0.338 e. The molecule has 0 N–H and O–H groups in total. The quantitative estimate of drug-likeness (QED) is 0.526. The molecule has 8 heteroatoms. The number of benzene rings is 1. The number of nitrogens with zero attached hydrogens (tertiary/aromatic N) is 2. The summed E-state index contributed by atoms with van der Waals surface area (Å²) in [5, 5.41) is 1.94. The summed E-state index contributed by atoms with van der Waals surface area (Å²) < 4.78 is 8.40. The van der Waals surface area contributed by atoms with E-state index in [-0.39, 0.29) is 12.2 Å². The number of allylic oxidation sites excluding steroid dienone is 1. The predicted molar refractivity (Wildman–Crippen MR) is 119 cm³/mol. The normalized spacial score (nSPS) is 16.5. The Hall–Kier alpha value is -2.29. The number of carbonyl (C=O) groups excluding carboxylic acids is 1. The van der Waals surface area contributed by atoms with Crippen molar-refractivity contribution in [2.45, 2.75) is 19.9 Å². The van der Waals surface area contributed by atoms with Crippen molar-refractivity contribution in [2.75, 3.05) is 6.61 Å². The molecule has 0 saturated carbocycles. The number of fused-ring (bicyclic) bond motifs is 1. The van der Waals surface area contributed by atoms with E-state index in [2.05, 4.69) is 20.9 Å². The molecule has 3 heterocycles. The van der Waals surface area contributed by atoms with Gasteiger partial charge in [-0.1, -0.05) is 45.5 Å². The van der Waals surface area contributed by atoms with Gasteiger partial charge in [0.05, 0.1) is 22.4 Å². The first-order valence-corrected chi connectivity index (χ1v) is 11.5. The smallest absolute Gasteiger partial charge is 0.338 e. The maximum absolute atomic E-state index is 13.3. The molecule has 2 aromatic heterocycles. The van der Waals surface area contributed by atoms with Crippen LogP contribution in [-0.2, 0) is 9.53 Å². The van der Waals surface area contributed by atoms with Gasteiger partial charge in [0.1, 0.15) is 6.04 Å². The highest BCUT2D eigenvalue weighted by Crippen LogP contribution is 2.33. The summed E-state index contributed by atoms with van der Waals surface area (Å²) in [6.45, 7) is 3.82. The van der Waals surface area contributed by atoms with Gasteiger partial charge in [-0.15, -0.1) is 11.3 Å². The van der Waals surface area contributed by atoms with Gasteiger partial charge in [0.15, 0.2) is 4.80 Å². The number of halogens is 1. The maximum atomic E-state index is 13.3. The second-order valence-corrected chi connectivity index (χ2v) is 9.28. The molecule has 0 fully saturated rings. The third-order valence-corrected chi connectivity index (χ3v) is 6.88. The molecule has 1 aliphatic rings. The van der Waals surface area contributed by atoms with E-state index in [9.17, 15) is 9.59 Å². The lowest BCUT2D eigenvalue weighted by Gasteiger charge is -2.23. The fourth-order valence-corrected chi connectivity index (χ4v) is 5.54. The van der Waals surface area contributed by atoms with Crippen molar-refractivity contribution in [1.82, 2.24) is 4.57 Å². The number of carbonyl (C=O) groups is 1. The zero-order chi connectivity index (χ0) is 20.5. The molecule has 5 nitrogen and oxygen atoms in total. The van der Waals surface area contributed by atoms with Gasteiger partial charge in [0.25, 0.3) is 5.56 Å². The van der Waals surface area contributed by atoms with Crippen LogP contribution in [0.2, 0.25) is 0 Å². The second-order valence-electron chi connectivity index (χ2n) is 6.37. The summed E-state index contributed by atoms with van der Waals surface area (Å²) in [7, 11) is 0. The van der Waals surface area contributed by atoms with Crippen LogP contribution >= 0.6 is 38.6 Å². The average Bonchev–Trinajstić information content (AvgIpc) is 3.30. The van der Waals surface area contributed by atoms with Gasteiger partial charge >= 0.3 is 5.97 Å². The van der Waals surface area contributed by atoms with Gasteiger partial charge in [-0.25, -0.2) is 9.79 Å². The highest BCUT2D eigenvalue weighted by molar-refractivity contribution is 9.10. The molecule has 0 unspecified atom stereocenters. The molecular formula is C21H17BrN2O3S2. The number of esters is 1. The highest BCUT2D eigenvalue weighted by Gasteiger charge is 2.33. The van der Waals surface area contributed by atoms with Crippen LogP contribution in [0.5, 0.6) is 0 Å². The van der Waals surface area contributed by atoms with Gasteiger partial charge < -0.3 is 4.74 Å². The molecule has 0 bridgehead atoms. The van der Waals surface area contributed by atoms with Gasteiger partial charge in [-0.3, -0.25) is 9.36 Å². The minimum atomic E-state index is -0.532. The molecule has 3 aromatic rings.